The number of pyridine rings is 1. The van der Waals surface area contributed by atoms with Crippen LogP contribution in [-0.2, 0) is 23.3 Å². The zero-order chi connectivity index (χ0) is 24.0. The lowest BCUT2D eigenvalue weighted by Crippen LogP contribution is -2.24. The van der Waals surface area contributed by atoms with E-state index in [-0.39, 0.29) is 12.0 Å². The number of hydrogen-bond donors (Lipinski definition) is 1. The number of amides is 1. The molecule has 4 rings (SSSR count). The van der Waals surface area contributed by atoms with Crippen molar-refractivity contribution in [2.24, 2.45) is 0 Å². The molecule has 0 saturated carbocycles. The number of thiazole rings is 1. The molecule has 0 aliphatic rings. The highest BCUT2D eigenvalue weighted by Crippen LogP contribution is 2.33. The second-order valence-corrected chi connectivity index (χ2v) is 9.58. The minimum absolute atomic E-state index is 0.0774. The van der Waals surface area contributed by atoms with E-state index in [9.17, 15) is 4.79 Å². The molecule has 6 nitrogen and oxygen atoms in total. The van der Waals surface area contributed by atoms with Gasteiger partial charge in [0.25, 0.3) is 5.91 Å². The number of rotatable bonds is 10. The van der Waals surface area contributed by atoms with Crippen LogP contribution in [0, 0.1) is 0 Å². The Kier molecular flexibility index (Phi) is 7.55. The molecule has 0 spiro atoms. The monoisotopic (exact) mass is 474 g/mol. The molecular weight excluding hydrogens is 444 g/mol. The molecule has 1 N–H and O–H groups in total. The van der Waals surface area contributed by atoms with Crippen LogP contribution in [0.15, 0.2) is 78.6 Å². The molecular formula is C27H30N4O2S. The standard InChI is InChI=1S/C27H30N4O2S/c1-20(22-10-5-4-6-11-22)33-27(2,3)24-19-34-26(29-24)30-25(32)23-12-8-18-31(23)17-7-9-21-13-15-28-16-14-21/h4-6,8,10-16,18-20H,7,9,17H2,1-3H3,(H,29,30,32)/t20-/m0/s1. The maximum atomic E-state index is 12.9. The number of hydrogen-bond acceptors (Lipinski definition) is 5. The van der Waals surface area contributed by atoms with Crippen molar-refractivity contribution in [1.29, 1.82) is 0 Å². The summed E-state index contributed by atoms with van der Waals surface area (Å²) in [6.45, 7) is 6.80. The molecule has 0 saturated heterocycles. The molecule has 4 aromatic rings. The predicted molar refractivity (Wildman–Crippen MR) is 136 cm³/mol. The fourth-order valence-electron chi connectivity index (χ4n) is 3.88. The highest BCUT2D eigenvalue weighted by Gasteiger charge is 2.28. The lowest BCUT2D eigenvalue weighted by atomic mass is 10.0. The third kappa shape index (κ3) is 5.98. The molecule has 34 heavy (non-hydrogen) atoms. The van der Waals surface area contributed by atoms with E-state index in [2.05, 4.69) is 27.4 Å². The summed E-state index contributed by atoms with van der Waals surface area (Å²) in [6.07, 6.45) is 7.35. The second-order valence-electron chi connectivity index (χ2n) is 8.72. The summed E-state index contributed by atoms with van der Waals surface area (Å²) in [5.74, 6) is -0.161. The average molecular weight is 475 g/mol. The molecule has 1 aromatic carbocycles. The van der Waals surface area contributed by atoms with E-state index in [0.717, 1.165) is 30.6 Å². The Balaban J connectivity index is 1.36. The predicted octanol–water partition coefficient (Wildman–Crippen LogP) is 6.24. The van der Waals surface area contributed by atoms with Gasteiger partial charge in [-0.05, 0) is 69.0 Å². The molecule has 176 valence electrons. The molecule has 3 aromatic heterocycles. The lowest BCUT2D eigenvalue weighted by molar-refractivity contribution is -0.0724. The van der Waals surface area contributed by atoms with Crippen LogP contribution in [0.1, 0.15) is 60.6 Å². The third-order valence-corrected chi connectivity index (χ3v) is 6.52. The second kappa shape index (κ2) is 10.8. The molecule has 1 amide bonds. The maximum absolute atomic E-state index is 12.9. The molecule has 7 heteroatoms. The molecule has 0 aliphatic heterocycles. The first kappa shape index (κ1) is 23.9. The largest absolute Gasteiger partial charge is 0.362 e. The zero-order valence-corrected chi connectivity index (χ0v) is 20.6. The van der Waals surface area contributed by atoms with E-state index in [1.807, 2.05) is 79.4 Å². The van der Waals surface area contributed by atoms with Gasteiger partial charge in [0.15, 0.2) is 5.13 Å². The van der Waals surface area contributed by atoms with E-state index < -0.39 is 5.60 Å². The summed E-state index contributed by atoms with van der Waals surface area (Å²) in [5, 5.41) is 5.46. The van der Waals surface area contributed by atoms with Gasteiger partial charge in [0.1, 0.15) is 11.3 Å². The average Bonchev–Trinajstić information content (AvgIpc) is 3.50. The summed E-state index contributed by atoms with van der Waals surface area (Å²) < 4.78 is 8.31. The number of benzene rings is 1. The first-order chi connectivity index (χ1) is 16.4. The Morgan fingerprint density at radius 3 is 2.65 bits per heavy atom. The van der Waals surface area contributed by atoms with Gasteiger partial charge in [-0.2, -0.15) is 0 Å². The van der Waals surface area contributed by atoms with Gasteiger partial charge in [-0.3, -0.25) is 15.1 Å². The SMILES string of the molecule is C[C@H](OC(C)(C)c1csc(NC(=O)c2cccn2CCCc2ccncc2)n1)c1ccccc1. The topological polar surface area (TPSA) is 69.0 Å². The smallest absolute Gasteiger partial charge is 0.274 e. The van der Waals surface area contributed by atoms with E-state index in [4.69, 9.17) is 4.74 Å². The van der Waals surface area contributed by atoms with Gasteiger partial charge in [-0.25, -0.2) is 4.98 Å². The van der Waals surface area contributed by atoms with Gasteiger partial charge in [0.05, 0.1) is 11.8 Å². The van der Waals surface area contributed by atoms with Crippen LogP contribution in [0.4, 0.5) is 5.13 Å². The summed E-state index contributed by atoms with van der Waals surface area (Å²) in [7, 11) is 0. The van der Waals surface area contributed by atoms with Crippen molar-refractivity contribution in [3.63, 3.8) is 0 Å². The number of carbonyl (C=O) groups excluding carboxylic acids is 1. The molecule has 1 atom stereocenters. The van der Waals surface area contributed by atoms with Crippen LogP contribution in [0.25, 0.3) is 0 Å². The fourth-order valence-corrected chi connectivity index (χ4v) is 4.74. The Bertz CT molecular complexity index is 1200. The van der Waals surface area contributed by atoms with Crippen LogP contribution in [0.5, 0.6) is 0 Å². The number of aromatic nitrogens is 3. The van der Waals surface area contributed by atoms with Gasteiger partial charge >= 0.3 is 0 Å². The minimum atomic E-state index is -0.595. The summed E-state index contributed by atoms with van der Waals surface area (Å²) in [6, 6.07) is 17.9. The van der Waals surface area contributed by atoms with Crippen LogP contribution in [-0.4, -0.2) is 20.4 Å². The number of aryl methyl sites for hydroxylation is 2. The molecule has 3 heterocycles. The quantitative estimate of drug-likeness (QED) is 0.295. The van der Waals surface area contributed by atoms with E-state index in [0.29, 0.717) is 10.8 Å². The van der Waals surface area contributed by atoms with Crippen molar-refractivity contribution in [1.82, 2.24) is 14.5 Å². The van der Waals surface area contributed by atoms with Crippen LogP contribution >= 0.6 is 11.3 Å². The first-order valence-electron chi connectivity index (χ1n) is 11.5. The molecule has 0 aliphatic carbocycles. The van der Waals surface area contributed by atoms with Crippen LogP contribution in [0.2, 0.25) is 0 Å². The van der Waals surface area contributed by atoms with Gasteiger partial charge < -0.3 is 9.30 Å². The Morgan fingerprint density at radius 1 is 1.12 bits per heavy atom. The highest BCUT2D eigenvalue weighted by atomic mass is 32.1. The van der Waals surface area contributed by atoms with Gasteiger partial charge in [-0.1, -0.05) is 30.3 Å². The van der Waals surface area contributed by atoms with Crippen molar-refractivity contribution in [2.75, 3.05) is 5.32 Å². The first-order valence-corrected chi connectivity index (χ1v) is 12.3. The Morgan fingerprint density at radius 2 is 1.88 bits per heavy atom. The molecule has 0 unspecified atom stereocenters. The van der Waals surface area contributed by atoms with Crippen molar-refractivity contribution >= 4 is 22.4 Å². The van der Waals surface area contributed by atoms with E-state index in [1.54, 1.807) is 12.4 Å². The fraction of sp³-hybridized carbons (Fsp3) is 0.296. The number of carbonyl (C=O) groups is 1. The normalized spacial score (nSPS) is 12.4. The Labute approximate surface area is 204 Å². The summed E-state index contributed by atoms with van der Waals surface area (Å²) in [4.78, 5) is 21.7. The number of anilines is 1. The van der Waals surface area contributed by atoms with Crippen LogP contribution < -0.4 is 5.32 Å². The van der Waals surface area contributed by atoms with E-state index in [1.165, 1.54) is 16.9 Å². The highest BCUT2D eigenvalue weighted by molar-refractivity contribution is 7.14. The lowest BCUT2D eigenvalue weighted by Gasteiger charge is -2.28. The van der Waals surface area contributed by atoms with Crippen molar-refractivity contribution in [2.45, 2.75) is 51.9 Å². The maximum Gasteiger partial charge on any atom is 0.274 e. The number of ether oxygens (including phenoxy) is 1. The summed E-state index contributed by atoms with van der Waals surface area (Å²) in [5.41, 5.74) is 3.18. The van der Waals surface area contributed by atoms with Gasteiger partial charge in [0.2, 0.25) is 0 Å². The molecule has 0 fully saturated rings. The molecule has 0 radical (unpaired) electrons. The van der Waals surface area contributed by atoms with Gasteiger partial charge in [0, 0.05) is 30.5 Å². The van der Waals surface area contributed by atoms with Crippen molar-refractivity contribution in [3.8, 4) is 0 Å². The summed E-state index contributed by atoms with van der Waals surface area (Å²) >= 11 is 1.41. The van der Waals surface area contributed by atoms with Crippen LogP contribution in [0.3, 0.4) is 0 Å². The minimum Gasteiger partial charge on any atom is -0.362 e. The van der Waals surface area contributed by atoms with E-state index >= 15 is 0 Å². The Hall–Kier alpha value is -3.29. The van der Waals surface area contributed by atoms with Crippen molar-refractivity contribution < 1.29 is 9.53 Å². The van der Waals surface area contributed by atoms with Gasteiger partial charge in [-0.15, -0.1) is 11.3 Å². The molecule has 0 bridgehead atoms. The van der Waals surface area contributed by atoms with Crippen molar-refractivity contribution in [3.05, 3.63) is 101 Å². The zero-order valence-electron chi connectivity index (χ0n) is 19.8. The number of nitrogens with one attached hydrogen (secondary N) is 1. The third-order valence-electron chi connectivity index (χ3n) is 5.76. The number of nitrogens with zero attached hydrogens (tertiary/aromatic N) is 3.